The van der Waals surface area contributed by atoms with Gasteiger partial charge in [0.25, 0.3) is 0 Å². The van der Waals surface area contributed by atoms with E-state index in [0.29, 0.717) is 0 Å². The van der Waals surface area contributed by atoms with Gasteiger partial charge in [-0.1, -0.05) is 0 Å². The zero-order chi connectivity index (χ0) is 7.68. The van der Waals surface area contributed by atoms with Crippen molar-refractivity contribution in [3.8, 4) is 0 Å². The summed E-state index contributed by atoms with van der Waals surface area (Å²) in [5.74, 6) is 0. The second-order valence-electron chi connectivity index (χ2n) is 2.38. The summed E-state index contributed by atoms with van der Waals surface area (Å²) in [6.07, 6.45) is 5.54. The average Bonchev–Trinajstić information content (AvgIpc) is 2.50. The van der Waals surface area contributed by atoms with Gasteiger partial charge in [0.05, 0.1) is 23.6 Å². The van der Waals surface area contributed by atoms with Gasteiger partial charge in [-0.2, -0.15) is 0 Å². The molecule has 0 aliphatic heterocycles. The van der Waals surface area contributed by atoms with E-state index in [4.69, 9.17) is 0 Å². The fraction of sp³-hybridized carbons (Fsp3) is 0.125. The number of hydrogen-bond acceptors (Lipinski definition) is 2. The Morgan fingerprint density at radius 2 is 2.36 bits per heavy atom. The quantitative estimate of drug-likeness (QED) is 0.643. The zero-order valence-corrected chi connectivity index (χ0v) is 6.26. The Morgan fingerprint density at radius 1 is 1.45 bits per heavy atom. The SMILES string of the molecule is CNc1cncc2[nH]ccc12. The predicted octanol–water partition coefficient (Wildman–Crippen LogP) is 1.60. The van der Waals surface area contributed by atoms with Crippen molar-refractivity contribution in [3.63, 3.8) is 0 Å². The van der Waals surface area contributed by atoms with Gasteiger partial charge in [-0.3, -0.25) is 4.98 Å². The molecule has 0 atom stereocenters. The van der Waals surface area contributed by atoms with Crippen molar-refractivity contribution in [1.82, 2.24) is 9.97 Å². The van der Waals surface area contributed by atoms with Gasteiger partial charge in [0.2, 0.25) is 0 Å². The first-order valence-electron chi connectivity index (χ1n) is 3.50. The molecule has 0 aromatic carbocycles. The van der Waals surface area contributed by atoms with Crippen LogP contribution in [0.4, 0.5) is 5.69 Å². The minimum atomic E-state index is 1.06. The number of nitrogens with one attached hydrogen (secondary N) is 2. The van der Waals surface area contributed by atoms with Crippen molar-refractivity contribution in [2.45, 2.75) is 0 Å². The van der Waals surface area contributed by atoms with E-state index in [2.05, 4.69) is 15.3 Å². The Hall–Kier alpha value is -1.51. The molecule has 11 heavy (non-hydrogen) atoms. The highest BCUT2D eigenvalue weighted by molar-refractivity contribution is 5.90. The molecule has 3 heteroatoms. The van der Waals surface area contributed by atoms with Crippen molar-refractivity contribution >= 4 is 16.6 Å². The maximum Gasteiger partial charge on any atom is 0.0661 e. The van der Waals surface area contributed by atoms with Gasteiger partial charge >= 0.3 is 0 Å². The Balaban J connectivity index is 2.79. The largest absolute Gasteiger partial charge is 0.386 e. The van der Waals surface area contributed by atoms with E-state index >= 15 is 0 Å². The monoisotopic (exact) mass is 147 g/mol. The van der Waals surface area contributed by atoms with E-state index in [1.165, 1.54) is 5.39 Å². The Kier molecular flexibility index (Phi) is 1.28. The summed E-state index contributed by atoms with van der Waals surface area (Å²) in [4.78, 5) is 7.15. The van der Waals surface area contributed by atoms with Crippen LogP contribution < -0.4 is 5.32 Å². The number of anilines is 1. The van der Waals surface area contributed by atoms with Crippen LogP contribution in [0.25, 0.3) is 10.9 Å². The minimum Gasteiger partial charge on any atom is -0.386 e. The lowest BCUT2D eigenvalue weighted by Gasteiger charge is -1.98. The van der Waals surface area contributed by atoms with E-state index in [0.717, 1.165) is 11.2 Å². The Labute approximate surface area is 64.5 Å². The number of aromatic amines is 1. The highest BCUT2D eigenvalue weighted by atomic mass is 14.9. The summed E-state index contributed by atoms with van der Waals surface area (Å²) in [6, 6.07) is 2.03. The standard InChI is InChI=1S/C8H9N3/c1-9-7-4-10-5-8-6(7)2-3-11-8/h2-5,9,11H,1H3. The van der Waals surface area contributed by atoms with Gasteiger partial charge in [0.15, 0.2) is 0 Å². The lowest BCUT2D eigenvalue weighted by atomic mass is 10.3. The second-order valence-corrected chi connectivity index (χ2v) is 2.38. The summed E-state index contributed by atoms with van der Waals surface area (Å²) >= 11 is 0. The van der Waals surface area contributed by atoms with E-state index in [1.54, 1.807) is 0 Å². The third kappa shape index (κ3) is 0.852. The lowest BCUT2D eigenvalue weighted by molar-refractivity contribution is 1.33. The van der Waals surface area contributed by atoms with E-state index < -0.39 is 0 Å². The molecule has 0 amide bonds. The highest BCUT2D eigenvalue weighted by Gasteiger charge is 1.97. The number of aromatic nitrogens is 2. The van der Waals surface area contributed by atoms with Crippen LogP contribution in [-0.4, -0.2) is 17.0 Å². The molecule has 2 heterocycles. The van der Waals surface area contributed by atoms with Crippen molar-refractivity contribution < 1.29 is 0 Å². The van der Waals surface area contributed by atoms with Crippen LogP contribution in [0.5, 0.6) is 0 Å². The van der Waals surface area contributed by atoms with Gasteiger partial charge in [-0.25, -0.2) is 0 Å². The first kappa shape index (κ1) is 6.22. The summed E-state index contributed by atoms with van der Waals surface area (Å²) in [5.41, 5.74) is 2.13. The highest BCUT2D eigenvalue weighted by Crippen LogP contribution is 2.19. The first-order valence-corrected chi connectivity index (χ1v) is 3.50. The summed E-state index contributed by atoms with van der Waals surface area (Å²) in [7, 11) is 1.89. The van der Waals surface area contributed by atoms with Crippen molar-refractivity contribution in [2.24, 2.45) is 0 Å². The van der Waals surface area contributed by atoms with Gasteiger partial charge in [0, 0.05) is 18.6 Å². The number of nitrogens with zero attached hydrogens (tertiary/aromatic N) is 1. The van der Waals surface area contributed by atoms with E-state index in [9.17, 15) is 0 Å². The van der Waals surface area contributed by atoms with Gasteiger partial charge in [-0.15, -0.1) is 0 Å². The smallest absolute Gasteiger partial charge is 0.0661 e. The van der Waals surface area contributed by atoms with Crippen molar-refractivity contribution in [3.05, 3.63) is 24.7 Å². The molecule has 0 fully saturated rings. The van der Waals surface area contributed by atoms with Gasteiger partial charge in [0.1, 0.15) is 0 Å². The summed E-state index contributed by atoms with van der Waals surface area (Å²) < 4.78 is 0. The third-order valence-corrected chi connectivity index (χ3v) is 1.75. The molecule has 0 saturated heterocycles. The van der Waals surface area contributed by atoms with Gasteiger partial charge in [-0.05, 0) is 6.07 Å². The van der Waals surface area contributed by atoms with Crippen LogP contribution in [0.2, 0.25) is 0 Å². The molecule has 56 valence electrons. The third-order valence-electron chi connectivity index (χ3n) is 1.75. The molecule has 0 bridgehead atoms. The van der Waals surface area contributed by atoms with Crippen LogP contribution in [0.15, 0.2) is 24.7 Å². The topological polar surface area (TPSA) is 40.7 Å². The number of pyridine rings is 1. The molecule has 0 radical (unpaired) electrons. The number of H-pyrrole nitrogens is 1. The molecule has 0 saturated carbocycles. The minimum absolute atomic E-state index is 1.06. The fourth-order valence-electron chi connectivity index (χ4n) is 1.18. The van der Waals surface area contributed by atoms with Crippen molar-refractivity contribution in [1.29, 1.82) is 0 Å². The maximum atomic E-state index is 4.06. The first-order chi connectivity index (χ1) is 5.42. The van der Waals surface area contributed by atoms with Crippen LogP contribution in [-0.2, 0) is 0 Å². The van der Waals surface area contributed by atoms with E-state index in [1.807, 2.05) is 31.7 Å². The zero-order valence-electron chi connectivity index (χ0n) is 6.26. The average molecular weight is 147 g/mol. The molecule has 0 aliphatic carbocycles. The number of rotatable bonds is 1. The lowest BCUT2D eigenvalue weighted by Crippen LogP contribution is -1.88. The van der Waals surface area contributed by atoms with Crippen LogP contribution in [0.3, 0.4) is 0 Å². The normalized spacial score (nSPS) is 10.3. The summed E-state index contributed by atoms with van der Waals surface area (Å²) in [6.45, 7) is 0. The van der Waals surface area contributed by atoms with Crippen LogP contribution in [0.1, 0.15) is 0 Å². The molecular formula is C8H9N3. The van der Waals surface area contributed by atoms with Crippen molar-refractivity contribution in [2.75, 3.05) is 12.4 Å². The van der Waals surface area contributed by atoms with Crippen LogP contribution >= 0.6 is 0 Å². The number of hydrogen-bond donors (Lipinski definition) is 2. The molecule has 0 spiro atoms. The molecule has 3 nitrogen and oxygen atoms in total. The van der Waals surface area contributed by atoms with Crippen LogP contribution in [0, 0.1) is 0 Å². The maximum absolute atomic E-state index is 4.06. The molecule has 0 unspecified atom stereocenters. The predicted molar refractivity (Wildman–Crippen MR) is 45.6 cm³/mol. The summed E-state index contributed by atoms with van der Waals surface area (Å²) in [5, 5.41) is 4.26. The molecular weight excluding hydrogens is 138 g/mol. The molecule has 0 aliphatic rings. The second kappa shape index (κ2) is 2.27. The molecule has 2 aromatic rings. The number of fused-ring (bicyclic) bond motifs is 1. The Bertz CT molecular complexity index is 364. The van der Waals surface area contributed by atoms with E-state index in [-0.39, 0.29) is 0 Å². The fourth-order valence-corrected chi connectivity index (χ4v) is 1.18. The molecule has 2 N–H and O–H groups in total. The van der Waals surface area contributed by atoms with Gasteiger partial charge < -0.3 is 10.3 Å². The molecule has 2 aromatic heterocycles. The molecule has 2 rings (SSSR count). The Morgan fingerprint density at radius 3 is 3.18 bits per heavy atom.